The van der Waals surface area contributed by atoms with E-state index in [2.05, 4.69) is 0 Å². The first kappa shape index (κ1) is 12.4. The Morgan fingerprint density at radius 1 is 1.47 bits per heavy atom. The molecule has 0 atom stereocenters. The van der Waals surface area contributed by atoms with E-state index in [1.54, 1.807) is 6.07 Å². The Balaban J connectivity index is 2.89. The van der Waals surface area contributed by atoms with Crippen LogP contribution in [0.5, 0.6) is 0 Å². The van der Waals surface area contributed by atoms with E-state index in [1.807, 2.05) is 22.6 Å². The summed E-state index contributed by atoms with van der Waals surface area (Å²) in [5, 5.41) is 8.49. The van der Waals surface area contributed by atoms with Crippen LogP contribution in [0.2, 0.25) is 0 Å². The van der Waals surface area contributed by atoms with Gasteiger partial charge in [0.05, 0.1) is 0 Å². The van der Waals surface area contributed by atoms with Crippen molar-refractivity contribution in [3.8, 4) is 0 Å². The van der Waals surface area contributed by atoms with E-state index in [9.17, 15) is 13.6 Å². The largest absolute Gasteiger partial charge is 0.481 e. The molecule has 1 rings (SSSR count). The maximum Gasteiger partial charge on any atom is 0.303 e. The molecule has 1 N–H and O–H groups in total. The molecule has 5 heteroatoms. The number of rotatable bonds is 4. The van der Waals surface area contributed by atoms with E-state index in [-0.39, 0.29) is 18.4 Å². The van der Waals surface area contributed by atoms with Crippen LogP contribution in [-0.4, -0.2) is 11.1 Å². The Labute approximate surface area is 99.4 Å². The molecule has 0 heterocycles. The SMILES string of the molecule is O=C(O)CCc1cccc(C(F)F)c1I. The third-order valence-electron chi connectivity index (χ3n) is 1.95. The summed E-state index contributed by atoms with van der Waals surface area (Å²) in [4.78, 5) is 10.4. The zero-order valence-corrected chi connectivity index (χ0v) is 9.87. The molecule has 0 aliphatic heterocycles. The maximum atomic E-state index is 12.5. The van der Waals surface area contributed by atoms with Gasteiger partial charge in [0.1, 0.15) is 0 Å². The quantitative estimate of drug-likeness (QED) is 0.863. The fourth-order valence-electron chi connectivity index (χ4n) is 1.20. The van der Waals surface area contributed by atoms with E-state index in [4.69, 9.17) is 5.11 Å². The van der Waals surface area contributed by atoms with E-state index < -0.39 is 12.4 Å². The molecule has 82 valence electrons. The first-order valence-electron chi connectivity index (χ1n) is 4.29. The van der Waals surface area contributed by atoms with Gasteiger partial charge in [0.15, 0.2) is 0 Å². The lowest BCUT2D eigenvalue weighted by Gasteiger charge is -2.08. The summed E-state index contributed by atoms with van der Waals surface area (Å²) in [6.45, 7) is 0. The molecule has 0 bridgehead atoms. The van der Waals surface area contributed by atoms with Gasteiger partial charge < -0.3 is 5.11 Å². The average Bonchev–Trinajstić information content (AvgIpc) is 2.15. The van der Waals surface area contributed by atoms with Crippen LogP contribution in [0.4, 0.5) is 8.78 Å². The van der Waals surface area contributed by atoms with Gasteiger partial charge in [0.25, 0.3) is 6.43 Å². The number of hydrogen-bond acceptors (Lipinski definition) is 1. The van der Waals surface area contributed by atoms with Gasteiger partial charge >= 0.3 is 5.97 Å². The molecule has 0 aliphatic rings. The summed E-state index contributed by atoms with van der Waals surface area (Å²) in [6.07, 6.45) is -2.27. The molecular weight excluding hydrogens is 317 g/mol. The van der Waals surface area contributed by atoms with Crippen molar-refractivity contribution in [3.63, 3.8) is 0 Å². The van der Waals surface area contributed by atoms with Crippen molar-refractivity contribution >= 4 is 28.6 Å². The first-order chi connectivity index (χ1) is 7.02. The van der Waals surface area contributed by atoms with Crippen LogP contribution < -0.4 is 0 Å². The van der Waals surface area contributed by atoms with Crippen LogP contribution in [0, 0.1) is 3.57 Å². The van der Waals surface area contributed by atoms with Crippen molar-refractivity contribution in [2.75, 3.05) is 0 Å². The molecular formula is C10H9F2IO2. The number of aliphatic carboxylic acids is 1. The van der Waals surface area contributed by atoms with Crippen molar-refractivity contribution in [1.82, 2.24) is 0 Å². The Hall–Kier alpha value is -0.720. The van der Waals surface area contributed by atoms with Crippen molar-refractivity contribution in [3.05, 3.63) is 32.9 Å². The third-order valence-corrected chi connectivity index (χ3v) is 3.27. The maximum absolute atomic E-state index is 12.5. The average molecular weight is 326 g/mol. The fourth-order valence-corrected chi connectivity index (χ4v) is 2.07. The summed E-state index contributed by atoms with van der Waals surface area (Å²) in [5.41, 5.74) is 0.634. The molecule has 15 heavy (non-hydrogen) atoms. The normalized spacial score (nSPS) is 10.7. The Kier molecular flexibility index (Phi) is 4.44. The molecule has 0 spiro atoms. The molecule has 2 nitrogen and oxygen atoms in total. The monoisotopic (exact) mass is 326 g/mol. The lowest BCUT2D eigenvalue weighted by molar-refractivity contribution is -0.136. The van der Waals surface area contributed by atoms with Crippen molar-refractivity contribution < 1.29 is 18.7 Å². The molecule has 0 fully saturated rings. The smallest absolute Gasteiger partial charge is 0.303 e. The number of carbonyl (C=O) groups is 1. The van der Waals surface area contributed by atoms with Crippen LogP contribution >= 0.6 is 22.6 Å². The molecule has 0 amide bonds. The molecule has 0 radical (unpaired) electrons. The second kappa shape index (κ2) is 5.39. The lowest BCUT2D eigenvalue weighted by Crippen LogP contribution is -2.01. The number of carboxylic acids is 1. The molecule has 1 aromatic rings. The summed E-state index contributed by atoms with van der Waals surface area (Å²) in [7, 11) is 0. The highest BCUT2D eigenvalue weighted by atomic mass is 127. The summed E-state index contributed by atoms with van der Waals surface area (Å²) >= 11 is 1.83. The molecule has 0 saturated carbocycles. The van der Waals surface area contributed by atoms with Gasteiger partial charge in [-0.05, 0) is 34.6 Å². The Morgan fingerprint density at radius 3 is 2.67 bits per heavy atom. The van der Waals surface area contributed by atoms with Crippen LogP contribution in [-0.2, 0) is 11.2 Å². The summed E-state index contributed by atoms with van der Waals surface area (Å²) in [5.74, 6) is -0.923. The molecule has 0 saturated heterocycles. The van der Waals surface area contributed by atoms with Crippen LogP contribution in [0.1, 0.15) is 24.0 Å². The zero-order valence-electron chi connectivity index (χ0n) is 7.71. The fraction of sp³-hybridized carbons (Fsp3) is 0.300. The van der Waals surface area contributed by atoms with Gasteiger partial charge in [-0.1, -0.05) is 18.2 Å². The van der Waals surface area contributed by atoms with Gasteiger partial charge in [-0.15, -0.1) is 0 Å². The molecule has 0 aliphatic carbocycles. The number of carboxylic acid groups (broad SMARTS) is 1. The van der Waals surface area contributed by atoms with Gasteiger partial charge in [0.2, 0.25) is 0 Å². The molecule has 0 aromatic heterocycles. The topological polar surface area (TPSA) is 37.3 Å². The minimum Gasteiger partial charge on any atom is -0.481 e. The predicted molar refractivity (Wildman–Crippen MR) is 60.1 cm³/mol. The summed E-state index contributed by atoms with van der Waals surface area (Å²) < 4.78 is 25.4. The number of alkyl halides is 2. The Morgan fingerprint density at radius 2 is 2.13 bits per heavy atom. The third kappa shape index (κ3) is 3.40. The van der Waals surface area contributed by atoms with E-state index in [1.165, 1.54) is 12.1 Å². The van der Waals surface area contributed by atoms with Crippen molar-refractivity contribution in [1.29, 1.82) is 0 Å². The minimum atomic E-state index is -2.51. The zero-order chi connectivity index (χ0) is 11.4. The first-order valence-corrected chi connectivity index (χ1v) is 5.37. The minimum absolute atomic E-state index is 0.0292. The van der Waals surface area contributed by atoms with Crippen LogP contribution in [0.3, 0.4) is 0 Å². The van der Waals surface area contributed by atoms with Crippen LogP contribution in [0.25, 0.3) is 0 Å². The predicted octanol–water partition coefficient (Wildman–Crippen LogP) is 3.25. The van der Waals surface area contributed by atoms with Gasteiger partial charge in [-0.2, -0.15) is 0 Å². The van der Waals surface area contributed by atoms with E-state index in [0.717, 1.165) is 0 Å². The van der Waals surface area contributed by atoms with Gasteiger partial charge in [-0.25, -0.2) is 8.78 Å². The van der Waals surface area contributed by atoms with E-state index >= 15 is 0 Å². The van der Waals surface area contributed by atoms with Gasteiger partial charge in [-0.3, -0.25) is 4.79 Å². The van der Waals surface area contributed by atoms with Crippen LogP contribution in [0.15, 0.2) is 18.2 Å². The van der Waals surface area contributed by atoms with Crippen molar-refractivity contribution in [2.24, 2.45) is 0 Å². The number of halogens is 3. The molecule has 0 unspecified atom stereocenters. The lowest BCUT2D eigenvalue weighted by atomic mass is 10.1. The van der Waals surface area contributed by atoms with Crippen molar-refractivity contribution in [2.45, 2.75) is 19.3 Å². The highest BCUT2D eigenvalue weighted by Gasteiger charge is 2.14. The highest BCUT2D eigenvalue weighted by molar-refractivity contribution is 14.1. The molecule has 1 aromatic carbocycles. The standard InChI is InChI=1S/C10H9F2IO2/c11-10(12)7-3-1-2-6(9(7)13)4-5-8(14)15/h1-3,10H,4-5H2,(H,14,15). The van der Waals surface area contributed by atoms with E-state index in [0.29, 0.717) is 9.13 Å². The number of hydrogen-bond donors (Lipinski definition) is 1. The number of benzene rings is 1. The Bertz CT molecular complexity index is 366. The summed E-state index contributed by atoms with van der Waals surface area (Å²) in [6, 6.07) is 4.56. The second-order valence-corrected chi connectivity index (χ2v) is 4.09. The highest BCUT2D eigenvalue weighted by Crippen LogP contribution is 2.27. The second-order valence-electron chi connectivity index (χ2n) is 3.01. The number of aryl methyl sites for hydroxylation is 1. The van der Waals surface area contributed by atoms with Gasteiger partial charge in [0, 0.05) is 15.6 Å².